The maximum absolute atomic E-state index is 6.21. The first-order chi connectivity index (χ1) is 4.21. The second kappa shape index (κ2) is 2.06. The van der Waals surface area contributed by atoms with Crippen LogP contribution in [0.25, 0.3) is 0 Å². The van der Waals surface area contributed by atoms with Crippen LogP contribution in [0.2, 0.25) is 19.6 Å². The van der Waals surface area contributed by atoms with Gasteiger partial charge in [-0.3, -0.25) is 0 Å². The third kappa shape index (κ3) is 1.11. The van der Waals surface area contributed by atoms with Crippen LogP contribution in [0.3, 0.4) is 0 Å². The molecule has 1 unspecified atom stereocenters. The molecule has 0 aliphatic heterocycles. The summed E-state index contributed by atoms with van der Waals surface area (Å²) in [6, 6.07) is 0. The van der Waals surface area contributed by atoms with Gasteiger partial charge in [0.05, 0.1) is 12.6 Å². The Morgan fingerprint density at radius 3 is 1.40 bits per heavy atom. The minimum Gasteiger partial charge on any atom is -0.120 e. The molecule has 0 aromatic heterocycles. The molecular weight excluding hydrogens is 207 g/mol. The molecule has 1 saturated carbocycles. The molecule has 0 spiro atoms. The Labute approximate surface area is 77.8 Å². The van der Waals surface area contributed by atoms with Crippen LogP contribution in [-0.2, 0) is 0 Å². The van der Waals surface area contributed by atoms with Crippen molar-refractivity contribution in [3.05, 3.63) is 0 Å². The molecule has 0 aromatic rings. The summed E-state index contributed by atoms with van der Waals surface area (Å²) in [7, 11) is -1.38. The van der Waals surface area contributed by atoms with E-state index in [1.165, 1.54) is 0 Å². The molecule has 1 aliphatic carbocycles. The highest BCUT2D eigenvalue weighted by atomic mass is 35.5. The van der Waals surface area contributed by atoms with Gasteiger partial charge in [-0.05, 0) is 0 Å². The first-order valence-electron chi connectivity index (χ1n) is 3.27. The van der Waals surface area contributed by atoms with E-state index in [0.717, 1.165) is 6.42 Å². The first-order valence-corrected chi connectivity index (χ1v) is 7.91. The van der Waals surface area contributed by atoms with E-state index in [0.29, 0.717) is 0 Å². The maximum Gasteiger partial charge on any atom is 0.136 e. The lowest BCUT2D eigenvalue weighted by Gasteiger charge is -2.24. The normalized spacial score (nSPS) is 37.8. The molecule has 0 bridgehead atoms. The highest BCUT2D eigenvalue weighted by molar-refractivity contribution is 6.91. The van der Waals surface area contributed by atoms with E-state index in [4.69, 9.17) is 34.8 Å². The fourth-order valence-electron chi connectivity index (χ4n) is 1.08. The van der Waals surface area contributed by atoms with Crippen molar-refractivity contribution >= 4 is 42.9 Å². The summed E-state index contributed by atoms with van der Waals surface area (Å²) >= 11 is 18.0. The van der Waals surface area contributed by atoms with Crippen LogP contribution in [0.5, 0.6) is 0 Å². The van der Waals surface area contributed by atoms with Crippen LogP contribution >= 0.6 is 34.8 Å². The van der Waals surface area contributed by atoms with Crippen LogP contribution in [0.1, 0.15) is 6.42 Å². The van der Waals surface area contributed by atoms with Gasteiger partial charge in [0.15, 0.2) is 0 Å². The second-order valence-corrected chi connectivity index (χ2v) is 11.7. The fourth-order valence-corrected chi connectivity index (χ4v) is 5.63. The van der Waals surface area contributed by atoms with Crippen LogP contribution in [-0.4, -0.2) is 16.9 Å². The van der Waals surface area contributed by atoms with Crippen LogP contribution in [0.4, 0.5) is 0 Å². The van der Waals surface area contributed by atoms with E-state index in [1.54, 1.807) is 0 Å². The Hall–Kier alpha value is 1.09. The predicted octanol–water partition coefficient (Wildman–Crippen LogP) is 3.42. The van der Waals surface area contributed by atoms with Crippen molar-refractivity contribution in [1.29, 1.82) is 0 Å². The third-order valence-electron chi connectivity index (χ3n) is 2.11. The van der Waals surface area contributed by atoms with Crippen molar-refractivity contribution in [2.75, 3.05) is 0 Å². The molecule has 10 heavy (non-hydrogen) atoms. The van der Waals surface area contributed by atoms with Crippen molar-refractivity contribution < 1.29 is 0 Å². The van der Waals surface area contributed by atoms with E-state index in [-0.39, 0.29) is 4.50 Å². The summed E-state index contributed by atoms with van der Waals surface area (Å²) < 4.78 is -0.915. The van der Waals surface area contributed by atoms with Gasteiger partial charge in [0.2, 0.25) is 0 Å². The molecule has 0 N–H and O–H groups in total. The molecule has 1 rings (SSSR count). The maximum atomic E-state index is 6.21. The monoisotopic (exact) mass is 216 g/mol. The summed E-state index contributed by atoms with van der Waals surface area (Å²) in [4.78, 5) is 0. The van der Waals surface area contributed by atoms with Crippen LogP contribution in [0.15, 0.2) is 0 Å². The molecule has 0 amide bonds. The van der Waals surface area contributed by atoms with Gasteiger partial charge >= 0.3 is 0 Å². The van der Waals surface area contributed by atoms with Gasteiger partial charge in [-0.15, -0.1) is 11.6 Å². The number of rotatable bonds is 1. The van der Waals surface area contributed by atoms with Crippen molar-refractivity contribution in [2.45, 2.75) is 34.9 Å². The highest BCUT2D eigenvalue weighted by Crippen LogP contribution is 2.65. The smallest absolute Gasteiger partial charge is 0.120 e. The van der Waals surface area contributed by atoms with E-state index in [2.05, 4.69) is 19.6 Å². The van der Waals surface area contributed by atoms with E-state index in [9.17, 15) is 0 Å². The van der Waals surface area contributed by atoms with E-state index < -0.39 is 12.4 Å². The number of halogens is 3. The predicted molar refractivity (Wildman–Crippen MR) is 51.0 cm³/mol. The molecule has 1 atom stereocenters. The fraction of sp³-hybridized carbons (Fsp3) is 1.00. The Morgan fingerprint density at radius 2 is 1.40 bits per heavy atom. The van der Waals surface area contributed by atoms with Crippen LogP contribution < -0.4 is 0 Å². The lowest BCUT2D eigenvalue weighted by Crippen LogP contribution is -2.40. The SMILES string of the molecule is C[Si](C)(C)C1(Cl)CC1(Cl)Cl. The van der Waals surface area contributed by atoms with Gasteiger partial charge in [-0.25, -0.2) is 0 Å². The van der Waals surface area contributed by atoms with Gasteiger partial charge in [-0.1, -0.05) is 42.8 Å². The Kier molecular flexibility index (Phi) is 1.89. The third-order valence-corrected chi connectivity index (χ3v) is 8.67. The second-order valence-electron chi connectivity index (χ2n) is 3.93. The van der Waals surface area contributed by atoms with Crippen molar-refractivity contribution in [1.82, 2.24) is 0 Å². The van der Waals surface area contributed by atoms with E-state index >= 15 is 0 Å². The van der Waals surface area contributed by atoms with Gasteiger partial charge in [0.25, 0.3) is 0 Å². The Morgan fingerprint density at radius 1 is 1.10 bits per heavy atom. The molecule has 4 heteroatoms. The molecule has 0 heterocycles. The van der Waals surface area contributed by atoms with Gasteiger partial charge < -0.3 is 0 Å². The molecule has 1 fully saturated rings. The standard InChI is InChI=1S/C6H11Cl3Si/c1-10(2,3)6(9)4-5(6,7)8/h4H2,1-3H3. The zero-order valence-corrected chi connectivity index (χ0v) is 9.61. The average Bonchev–Trinajstić information content (AvgIpc) is 2.05. The zero-order chi connectivity index (χ0) is 8.21. The van der Waals surface area contributed by atoms with Crippen LogP contribution in [0, 0.1) is 0 Å². The average molecular weight is 218 g/mol. The summed E-state index contributed by atoms with van der Waals surface area (Å²) in [5.74, 6) is 0. The lowest BCUT2D eigenvalue weighted by atomic mass is 10.9. The van der Waals surface area contributed by atoms with Crippen molar-refractivity contribution in [3.63, 3.8) is 0 Å². The van der Waals surface area contributed by atoms with Gasteiger partial charge in [0.1, 0.15) is 4.33 Å². The minimum atomic E-state index is -1.38. The zero-order valence-electron chi connectivity index (χ0n) is 6.34. The molecule has 60 valence electrons. The Bertz CT molecular complexity index is 161. The van der Waals surface area contributed by atoms with Gasteiger partial charge in [0, 0.05) is 6.42 Å². The lowest BCUT2D eigenvalue weighted by molar-refractivity contribution is 1.20. The Balaban J connectivity index is 2.78. The van der Waals surface area contributed by atoms with Crippen molar-refractivity contribution in [2.24, 2.45) is 0 Å². The summed E-state index contributed by atoms with van der Waals surface area (Å²) in [5, 5.41) is 0. The number of alkyl halides is 3. The van der Waals surface area contributed by atoms with Gasteiger partial charge in [-0.2, -0.15) is 0 Å². The summed E-state index contributed by atoms with van der Waals surface area (Å²) in [6.07, 6.45) is 0.750. The topological polar surface area (TPSA) is 0 Å². The van der Waals surface area contributed by atoms with E-state index in [1.807, 2.05) is 0 Å². The molecule has 0 nitrogen and oxygen atoms in total. The van der Waals surface area contributed by atoms with Crippen molar-refractivity contribution in [3.8, 4) is 0 Å². The summed E-state index contributed by atoms with van der Waals surface area (Å²) in [5.41, 5.74) is 0. The first kappa shape index (κ1) is 9.18. The largest absolute Gasteiger partial charge is 0.136 e. The highest BCUT2D eigenvalue weighted by Gasteiger charge is 2.71. The number of hydrogen-bond donors (Lipinski definition) is 0. The molecule has 1 aliphatic rings. The molecule has 0 radical (unpaired) electrons. The quantitative estimate of drug-likeness (QED) is 0.466. The molecular formula is C6H11Cl3Si. The molecule has 0 aromatic carbocycles. The molecule has 0 saturated heterocycles. The number of hydrogen-bond acceptors (Lipinski definition) is 0. The minimum absolute atomic E-state index is 0.275. The summed E-state index contributed by atoms with van der Waals surface area (Å²) in [6.45, 7) is 6.56.